The van der Waals surface area contributed by atoms with Crippen LogP contribution < -0.4 is 10.1 Å². The average molecular weight is 191 g/mol. The molecule has 2 nitrogen and oxygen atoms in total. The van der Waals surface area contributed by atoms with Crippen LogP contribution in [0, 0.1) is 6.92 Å². The fraction of sp³-hybridized carbons (Fsp3) is 0.500. The molecule has 0 amide bonds. The molecule has 1 aromatic rings. The molecule has 1 fully saturated rings. The van der Waals surface area contributed by atoms with Gasteiger partial charge < -0.3 is 10.1 Å². The number of benzene rings is 1. The highest BCUT2D eigenvalue weighted by molar-refractivity contribution is 5.37. The van der Waals surface area contributed by atoms with Crippen LogP contribution in [0.1, 0.15) is 23.5 Å². The molecular weight excluding hydrogens is 174 g/mol. The van der Waals surface area contributed by atoms with Gasteiger partial charge in [-0.2, -0.15) is 0 Å². The predicted molar refractivity (Wildman–Crippen MR) is 58.0 cm³/mol. The maximum Gasteiger partial charge on any atom is 0.121 e. The first-order valence-electron chi connectivity index (χ1n) is 5.16. The molecule has 0 spiro atoms. The number of rotatable bonds is 2. The molecule has 76 valence electrons. The van der Waals surface area contributed by atoms with Crippen molar-refractivity contribution in [2.75, 3.05) is 20.2 Å². The van der Waals surface area contributed by atoms with Crippen molar-refractivity contribution in [3.8, 4) is 5.75 Å². The molecule has 0 aromatic heterocycles. The summed E-state index contributed by atoms with van der Waals surface area (Å²) in [4.78, 5) is 0. The molecule has 1 N–H and O–H groups in total. The summed E-state index contributed by atoms with van der Waals surface area (Å²) in [5.41, 5.74) is 2.67. The summed E-state index contributed by atoms with van der Waals surface area (Å²) < 4.78 is 5.25. The van der Waals surface area contributed by atoms with Crippen LogP contribution in [0.2, 0.25) is 0 Å². The smallest absolute Gasteiger partial charge is 0.121 e. The van der Waals surface area contributed by atoms with Gasteiger partial charge in [0.25, 0.3) is 0 Å². The van der Waals surface area contributed by atoms with Gasteiger partial charge >= 0.3 is 0 Å². The minimum atomic E-state index is 0.694. The maximum absolute atomic E-state index is 5.25. The first kappa shape index (κ1) is 9.53. The molecule has 0 aliphatic carbocycles. The molecule has 0 saturated carbocycles. The van der Waals surface area contributed by atoms with Gasteiger partial charge in [-0.3, -0.25) is 0 Å². The minimum Gasteiger partial charge on any atom is -0.496 e. The van der Waals surface area contributed by atoms with Gasteiger partial charge in [-0.1, -0.05) is 12.1 Å². The number of aryl methyl sites for hydroxylation is 1. The van der Waals surface area contributed by atoms with E-state index in [9.17, 15) is 0 Å². The van der Waals surface area contributed by atoms with E-state index in [1.165, 1.54) is 17.5 Å². The molecule has 0 bridgehead atoms. The second-order valence-corrected chi connectivity index (χ2v) is 3.92. The molecule has 2 rings (SSSR count). The van der Waals surface area contributed by atoms with Gasteiger partial charge in [-0.15, -0.1) is 0 Å². The van der Waals surface area contributed by atoms with E-state index in [2.05, 4.69) is 30.4 Å². The quantitative estimate of drug-likeness (QED) is 0.772. The Balaban J connectivity index is 2.23. The maximum atomic E-state index is 5.25. The number of hydrogen-bond acceptors (Lipinski definition) is 2. The Morgan fingerprint density at radius 1 is 1.43 bits per heavy atom. The lowest BCUT2D eigenvalue weighted by Gasteiger charge is -2.11. The van der Waals surface area contributed by atoms with Gasteiger partial charge in [0.15, 0.2) is 0 Å². The van der Waals surface area contributed by atoms with Crippen LogP contribution in [-0.2, 0) is 0 Å². The summed E-state index contributed by atoms with van der Waals surface area (Å²) in [6.07, 6.45) is 1.26. The van der Waals surface area contributed by atoms with Crippen molar-refractivity contribution < 1.29 is 4.74 Å². The van der Waals surface area contributed by atoms with Gasteiger partial charge in [0.1, 0.15) is 5.75 Å². The third-order valence-corrected chi connectivity index (χ3v) is 2.95. The molecule has 1 heterocycles. The van der Waals surface area contributed by atoms with E-state index in [0.29, 0.717) is 5.92 Å². The van der Waals surface area contributed by atoms with Gasteiger partial charge in [-0.05, 0) is 43.0 Å². The van der Waals surface area contributed by atoms with Crippen LogP contribution in [-0.4, -0.2) is 20.2 Å². The van der Waals surface area contributed by atoms with E-state index in [1.807, 2.05) is 0 Å². The lowest BCUT2D eigenvalue weighted by Crippen LogP contribution is -2.08. The second kappa shape index (κ2) is 4.01. The summed E-state index contributed by atoms with van der Waals surface area (Å²) >= 11 is 0. The number of ether oxygens (including phenoxy) is 1. The standard InChI is InChI=1S/C12H17NO/c1-9-7-10(3-4-12(9)14-2)11-5-6-13-8-11/h3-4,7,11,13H,5-6,8H2,1-2H3/t11-/m1/s1. The van der Waals surface area contributed by atoms with E-state index in [-0.39, 0.29) is 0 Å². The van der Waals surface area contributed by atoms with Crippen LogP contribution in [0.4, 0.5) is 0 Å². The molecule has 2 heteroatoms. The van der Waals surface area contributed by atoms with Crippen LogP contribution in [0.25, 0.3) is 0 Å². The van der Waals surface area contributed by atoms with E-state index in [1.54, 1.807) is 7.11 Å². The van der Waals surface area contributed by atoms with Crippen LogP contribution in [0.15, 0.2) is 18.2 Å². The summed E-state index contributed by atoms with van der Waals surface area (Å²) in [6.45, 7) is 4.37. The predicted octanol–water partition coefficient (Wildman–Crippen LogP) is 2.08. The lowest BCUT2D eigenvalue weighted by atomic mass is 9.96. The topological polar surface area (TPSA) is 21.3 Å². The van der Waals surface area contributed by atoms with Crippen molar-refractivity contribution in [3.63, 3.8) is 0 Å². The normalized spacial score (nSPS) is 21.1. The van der Waals surface area contributed by atoms with E-state index in [4.69, 9.17) is 4.74 Å². The van der Waals surface area contributed by atoms with E-state index < -0.39 is 0 Å². The van der Waals surface area contributed by atoms with Crippen molar-refractivity contribution in [1.29, 1.82) is 0 Å². The Morgan fingerprint density at radius 2 is 2.29 bits per heavy atom. The highest BCUT2D eigenvalue weighted by atomic mass is 16.5. The highest BCUT2D eigenvalue weighted by Crippen LogP contribution is 2.26. The number of hydrogen-bond donors (Lipinski definition) is 1. The van der Waals surface area contributed by atoms with Crippen molar-refractivity contribution in [2.24, 2.45) is 0 Å². The Kier molecular flexibility index (Phi) is 2.73. The lowest BCUT2D eigenvalue weighted by molar-refractivity contribution is 0.411. The Morgan fingerprint density at radius 3 is 2.86 bits per heavy atom. The average Bonchev–Trinajstić information content (AvgIpc) is 2.70. The first-order chi connectivity index (χ1) is 6.81. The fourth-order valence-corrected chi connectivity index (χ4v) is 2.09. The fourth-order valence-electron chi connectivity index (χ4n) is 2.09. The third-order valence-electron chi connectivity index (χ3n) is 2.95. The van der Waals surface area contributed by atoms with Crippen LogP contribution in [0.5, 0.6) is 5.75 Å². The minimum absolute atomic E-state index is 0.694. The van der Waals surface area contributed by atoms with Crippen molar-refractivity contribution in [3.05, 3.63) is 29.3 Å². The number of methoxy groups -OCH3 is 1. The van der Waals surface area contributed by atoms with Gasteiger partial charge in [0, 0.05) is 6.54 Å². The van der Waals surface area contributed by atoms with Gasteiger partial charge in [-0.25, -0.2) is 0 Å². The SMILES string of the molecule is COc1ccc([C@@H]2CCNC2)cc1C. The molecule has 1 aromatic carbocycles. The molecule has 0 unspecified atom stereocenters. The van der Waals surface area contributed by atoms with E-state index >= 15 is 0 Å². The number of nitrogens with one attached hydrogen (secondary N) is 1. The zero-order chi connectivity index (χ0) is 9.97. The largest absolute Gasteiger partial charge is 0.496 e. The summed E-state index contributed by atoms with van der Waals surface area (Å²) in [7, 11) is 1.72. The first-order valence-corrected chi connectivity index (χ1v) is 5.16. The van der Waals surface area contributed by atoms with E-state index in [0.717, 1.165) is 18.8 Å². The van der Waals surface area contributed by atoms with Crippen LogP contribution in [0.3, 0.4) is 0 Å². The molecule has 14 heavy (non-hydrogen) atoms. The zero-order valence-corrected chi connectivity index (χ0v) is 8.84. The molecule has 1 aliphatic rings. The molecule has 1 aliphatic heterocycles. The van der Waals surface area contributed by atoms with Gasteiger partial charge in [0.2, 0.25) is 0 Å². The summed E-state index contributed by atoms with van der Waals surface area (Å²) in [5.74, 6) is 1.68. The highest BCUT2D eigenvalue weighted by Gasteiger charge is 2.16. The molecule has 1 saturated heterocycles. The van der Waals surface area contributed by atoms with Crippen molar-refractivity contribution in [1.82, 2.24) is 5.32 Å². The van der Waals surface area contributed by atoms with Crippen molar-refractivity contribution in [2.45, 2.75) is 19.3 Å². The molecule has 0 radical (unpaired) electrons. The Bertz CT molecular complexity index is 316. The summed E-state index contributed by atoms with van der Waals surface area (Å²) in [6, 6.07) is 6.50. The Hall–Kier alpha value is -1.02. The summed E-state index contributed by atoms with van der Waals surface area (Å²) in [5, 5.41) is 3.39. The Labute approximate surface area is 85.3 Å². The van der Waals surface area contributed by atoms with Gasteiger partial charge in [0.05, 0.1) is 7.11 Å². The monoisotopic (exact) mass is 191 g/mol. The second-order valence-electron chi connectivity index (χ2n) is 3.92. The van der Waals surface area contributed by atoms with Crippen LogP contribution >= 0.6 is 0 Å². The molecule has 1 atom stereocenters. The third kappa shape index (κ3) is 1.75. The molecular formula is C12H17NO. The van der Waals surface area contributed by atoms with Crippen molar-refractivity contribution >= 4 is 0 Å². The zero-order valence-electron chi connectivity index (χ0n) is 8.84.